The van der Waals surface area contributed by atoms with E-state index in [0.29, 0.717) is 18.8 Å². The van der Waals surface area contributed by atoms with Crippen LogP contribution < -0.4 is 10.1 Å². The van der Waals surface area contributed by atoms with Crippen LogP contribution in [0.2, 0.25) is 0 Å². The van der Waals surface area contributed by atoms with Crippen molar-refractivity contribution in [3.63, 3.8) is 0 Å². The van der Waals surface area contributed by atoms with Gasteiger partial charge in [0.2, 0.25) is 0 Å². The third-order valence-corrected chi connectivity index (χ3v) is 6.36. The van der Waals surface area contributed by atoms with Gasteiger partial charge in [-0.15, -0.1) is 10.2 Å². The number of aromatic nitrogens is 2. The first-order chi connectivity index (χ1) is 12.9. The summed E-state index contributed by atoms with van der Waals surface area (Å²) in [5.74, 6) is 1.09. The van der Waals surface area contributed by atoms with Gasteiger partial charge in [-0.3, -0.25) is 4.79 Å². The first kappa shape index (κ1) is 19.1. The average Bonchev–Trinajstić information content (AvgIpc) is 3.05. The van der Waals surface area contributed by atoms with Gasteiger partial charge in [-0.25, -0.2) is 8.42 Å². The first-order valence-corrected chi connectivity index (χ1v) is 10.4. The van der Waals surface area contributed by atoms with Gasteiger partial charge in [0, 0.05) is 25.2 Å². The van der Waals surface area contributed by atoms with Gasteiger partial charge < -0.3 is 15.0 Å². The van der Waals surface area contributed by atoms with Crippen molar-refractivity contribution in [2.75, 3.05) is 31.0 Å². The van der Waals surface area contributed by atoms with Crippen LogP contribution in [0.1, 0.15) is 22.5 Å². The second-order valence-electron chi connectivity index (χ2n) is 6.44. The van der Waals surface area contributed by atoms with E-state index in [1.165, 1.54) is 4.90 Å². The molecule has 144 valence electrons. The highest BCUT2D eigenvalue weighted by Crippen LogP contribution is 2.19. The molecular weight excluding hydrogens is 368 g/mol. The van der Waals surface area contributed by atoms with Gasteiger partial charge >= 0.3 is 0 Å². The Kier molecular flexibility index (Phi) is 5.59. The second kappa shape index (κ2) is 7.91. The summed E-state index contributed by atoms with van der Waals surface area (Å²) in [5.41, 5.74) is 1.16. The molecule has 0 aliphatic carbocycles. The SMILES string of the molecule is COc1ccccc1CNc1ccc(C(=O)N(C)C2CCS(=O)(=O)C2)nn1. The van der Waals surface area contributed by atoms with Crippen LogP contribution in [-0.2, 0) is 16.4 Å². The van der Waals surface area contributed by atoms with Crippen molar-refractivity contribution in [3.8, 4) is 5.75 Å². The number of sulfone groups is 1. The van der Waals surface area contributed by atoms with E-state index in [4.69, 9.17) is 4.74 Å². The average molecular weight is 390 g/mol. The van der Waals surface area contributed by atoms with Crippen molar-refractivity contribution in [1.82, 2.24) is 15.1 Å². The monoisotopic (exact) mass is 390 g/mol. The number of nitrogens with one attached hydrogen (secondary N) is 1. The van der Waals surface area contributed by atoms with E-state index in [-0.39, 0.29) is 29.1 Å². The summed E-state index contributed by atoms with van der Waals surface area (Å²) in [4.78, 5) is 13.9. The van der Waals surface area contributed by atoms with Crippen molar-refractivity contribution in [3.05, 3.63) is 47.7 Å². The summed E-state index contributed by atoms with van der Waals surface area (Å²) in [7, 11) is 0.164. The lowest BCUT2D eigenvalue weighted by Crippen LogP contribution is -2.38. The number of hydrogen-bond acceptors (Lipinski definition) is 7. The number of benzene rings is 1. The van der Waals surface area contributed by atoms with Gasteiger partial charge in [0.05, 0.1) is 18.6 Å². The molecule has 2 aromatic rings. The summed E-state index contributed by atoms with van der Waals surface area (Å²) < 4.78 is 28.5. The zero-order valence-electron chi connectivity index (χ0n) is 15.3. The Hall–Kier alpha value is -2.68. The van der Waals surface area contributed by atoms with Gasteiger partial charge in [0.25, 0.3) is 5.91 Å². The van der Waals surface area contributed by atoms with Crippen LogP contribution in [0.15, 0.2) is 36.4 Å². The zero-order chi connectivity index (χ0) is 19.4. The van der Waals surface area contributed by atoms with Crippen molar-refractivity contribution >= 4 is 21.6 Å². The fraction of sp³-hybridized carbons (Fsp3) is 0.389. The molecule has 1 aliphatic heterocycles. The van der Waals surface area contributed by atoms with Gasteiger partial charge in [0.15, 0.2) is 15.5 Å². The molecule has 3 rings (SSSR count). The van der Waals surface area contributed by atoms with E-state index in [9.17, 15) is 13.2 Å². The number of hydrogen-bond donors (Lipinski definition) is 1. The van der Waals surface area contributed by atoms with E-state index >= 15 is 0 Å². The standard InChI is InChI=1S/C18H22N4O4S/c1-22(14-9-10-27(24,25)12-14)18(23)15-7-8-17(21-20-15)19-11-13-5-3-4-6-16(13)26-2/h3-8,14H,9-12H2,1-2H3,(H,19,21). The molecule has 1 unspecified atom stereocenters. The van der Waals surface area contributed by atoms with E-state index < -0.39 is 9.84 Å². The number of methoxy groups -OCH3 is 1. The molecule has 0 spiro atoms. The maximum Gasteiger partial charge on any atom is 0.274 e. The highest BCUT2D eigenvalue weighted by Gasteiger charge is 2.33. The van der Waals surface area contributed by atoms with Gasteiger partial charge in [-0.2, -0.15) is 0 Å². The van der Waals surface area contributed by atoms with Crippen molar-refractivity contribution in [1.29, 1.82) is 0 Å². The van der Waals surface area contributed by atoms with Gasteiger partial charge in [0.1, 0.15) is 11.6 Å². The summed E-state index contributed by atoms with van der Waals surface area (Å²) in [6.45, 7) is 0.506. The van der Waals surface area contributed by atoms with Crippen LogP contribution in [0.5, 0.6) is 5.75 Å². The molecule has 1 fully saturated rings. The number of nitrogens with zero attached hydrogens (tertiary/aromatic N) is 3. The molecule has 0 saturated carbocycles. The van der Waals surface area contributed by atoms with Crippen LogP contribution in [0, 0.1) is 0 Å². The molecule has 0 bridgehead atoms. The molecule has 9 heteroatoms. The molecular formula is C18H22N4O4S. The van der Waals surface area contributed by atoms with Crippen molar-refractivity contribution in [2.45, 2.75) is 19.0 Å². The Morgan fingerprint density at radius 3 is 2.67 bits per heavy atom. The van der Waals surface area contributed by atoms with Crippen LogP contribution >= 0.6 is 0 Å². The summed E-state index contributed by atoms with van der Waals surface area (Å²) >= 11 is 0. The Balaban J connectivity index is 1.62. The number of rotatable bonds is 6. The Bertz CT molecular complexity index is 915. The minimum absolute atomic E-state index is 0.00121. The number of anilines is 1. The Labute approximate surface area is 158 Å². The van der Waals surface area contributed by atoms with Crippen molar-refractivity contribution < 1.29 is 17.9 Å². The molecule has 1 N–H and O–H groups in total. The highest BCUT2D eigenvalue weighted by molar-refractivity contribution is 7.91. The maximum atomic E-state index is 12.5. The lowest BCUT2D eigenvalue weighted by atomic mass is 10.2. The molecule has 1 aliphatic rings. The lowest BCUT2D eigenvalue weighted by molar-refractivity contribution is 0.0740. The molecule has 1 saturated heterocycles. The Morgan fingerprint density at radius 1 is 1.26 bits per heavy atom. The smallest absolute Gasteiger partial charge is 0.274 e. The van der Waals surface area contributed by atoms with Gasteiger partial charge in [-0.05, 0) is 24.6 Å². The first-order valence-electron chi connectivity index (χ1n) is 8.57. The largest absolute Gasteiger partial charge is 0.496 e. The van der Waals surface area contributed by atoms with E-state index in [0.717, 1.165) is 11.3 Å². The summed E-state index contributed by atoms with van der Waals surface area (Å²) in [5, 5.41) is 11.2. The van der Waals surface area contributed by atoms with Crippen LogP contribution in [0.25, 0.3) is 0 Å². The number of ether oxygens (including phenoxy) is 1. The molecule has 27 heavy (non-hydrogen) atoms. The molecule has 8 nitrogen and oxygen atoms in total. The fourth-order valence-corrected chi connectivity index (χ4v) is 4.78. The Morgan fingerprint density at radius 2 is 2.04 bits per heavy atom. The van der Waals surface area contributed by atoms with E-state index in [1.807, 2.05) is 24.3 Å². The van der Waals surface area contributed by atoms with Gasteiger partial charge in [-0.1, -0.05) is 18.2 Å². The second-order valence-corrected chi connectivity index (χ2v) is 8.67. The number of carbonyl (C=O) groups is 1. The quantitative estimate of drug-likeness (QED) is 0.794. The number of carbonyl (C=O) groups excluding carboxylic acids is 1. The maximum absolute atomic E-state index is 12.5. The fourth-order valence-electron chi connectivity index (χ4n) is 3.00. The topological polar surface area (TPSA) is 101 Å². The third kappa shape index (κ3) is 4.54. The normalized spacial score (nSPS) is 18.1. The molecule has 1 aromatic carbocycles. The molecule has 1 aromatic heterocycles. The highest BCUT2D eigenvalue weighted by atomic mass is 32.2. The predicted octanol–water partition coefficient (Wildman–Crippen LogP) is 1.36. The molecule has 1 atom stereocenters. The number of para-hydroxylation sites is 1. The lowest BCUT2D eigenvalue weighted by Gasteiger charge is -2.22. The molecule has 1 amide bonds. The number of amides is 1. The van der Waals surface area contributed by atoms with Crippen LogP contribution in [0.3, 0.4) is 0 Å². The van der Waals surface area contributed by atoms with E-state index in [2.05, 4.69) is 15.5 Å². The van der Waals surface area contributed by atoms with Crippen LogP contribution in [0.4, 0.5) is 5.82 Å². The minimum Gasteiger partial charge on any atom is -0.496 e. The third-order valence-electron chi connectivity index (χ3n) is 4.61. The predicted molar refractivity (Wildman–Crippen MR) is 102 cm³/mol. The molecule has 0 radical (unpaired) electrons. The van der Waals surface area contributed by atoms with Crippen LogP contribution in [-0.4, -0.2) is 61.1 Å². The summed E-state index contributed by atoms with van der Waals surface area (Å²) in [6.07, 6.45) is 0.455. The van der Waals surface area contributed by atoms with Crippen molar-refractivity contribution in [2.24, 2.45) is 0 Å². The van der Waals surface area contributed by atoms with E-state index in [1.54, 1.807) is 26.3 Å². The summed E-state index contributed by atoms with van der Waals surface area (Å²) in [6, 6.07) is 10.6. The zero-order valence-corrected chi connectivity index (χ0v) is 16.1. The minimum atomic E-state index is -3.05. The molecule has 2 heterocycles.